The highest BCUT2D eigenvalue weighted by molar-refractivity contribution is 5.25. The molecule has 0 fully saturated rings. The maximum atomic E-state index is 5.75. The van der Waals surface area contributed by atoms with Crippen LogP contribution in [0.4, 0.5) is 0 Å². The second-order valence-electron chi connectivity index (χ2n) is 4.35. The highest BCUT2D eigenvalue weighted by atomic mass is 16.5. The van der Waals surface area contributed by atoms with Crippen LogP contribution >= 0.6 is 0 Å². The normalized spacial score (nSPS) is 12.4. The first-order chi connectivity index (χ1) is 8.69. The van der Waals surface area contributed by atoms with E-state index in [0.717, 1.165) is 24.1 Å². The van der Waals surface area contributed by atoms with Gasteiger partial charge in [-0.05, 0) is 31.9 Å². The van der Waals surface area contributed by atoms with Gasteiger partial charge in [-0.25, -0.2) is 4.98 Å². The Hall–Kier alpha value is -1.13. The van der Waals surface area contributed by atoms with Gasteiger partial charge in [0.25, 0.3) is 0 Å². The van der Waals surface area contributed by atoms with Crippen molar-refractivity contribution in [2.45, 2.75) is 46.3 Å². The van der Waals surface area contributed by atoms with Crippen LogP contribution in [0.3, 0.4) is 0 Å². The Morgan fingerprint density at radius 1 is 1.33 bits per heavy atom. The second kappa shape index (κ2) is 8.06. The highest BCUT2D eigenvalue weighted by Gasteiger charge is 2.07. The quantitative estimate of drug-likeness (QED) is 0.771. The van der Waals surface area contributed by atoms with Crippen LogP contribution in [0.25, 0.3) is 0 Å². The molecule has 0 saturated carbocycles. The van der Waals surface area contributed by atoms with E-state index in [1.807, 2.05) is 26.0 Å². The zero-order valence-electron chi connectivity index (χ0n) is 11.6. The van der Waals surface area contributed by atoms with Gasteiger partial charge in [0.15, 0.2) is 0 Å². The van der Waals surface area contributed by atoms with Crippen LogP contribution in [0.15, 0.2) is 12.1 Å². The molecule has 4 heteroatoms. The topological polar surface area (TPSA) is 57.4 Å². The number of hydrogen-bond donors (Lipinski definition) is 1. The Morgan fingerprint density at radius 3 is 2.72 bits per heavy atom. The van der Waals surface area contributed by atoms with Crippen molar-refractivity contribution in [3.8, 4) is 5.88 Å². The third-order valence-electron chi connectivity index (χ3n) is 2.54. The van der Waals surface area contributed by atoms with E-state index in [4.69, 9.17) is 15.2 Å². The molecule has 1 heterocycles. The number of hydrogen-bond acceptors (Lipinski definition) is 4. The zero-order valence-corrected chi connectivity index (χ0v) is 11.6. The number of nitrogens with zero attached hydrogens (tertiary/aromatic N) is 1. The molecule has 102 valence electrons. The molecule has 1 rings (SSSR count). The van der Waals surface area contributed by atoms with E-state index < -0.39 is 0 Å². The third-order valence-corrected chi connectivity index (χ3v) is 2.54. The fourth-order valence-corrected chi connectivity index (χ4v) is 1.71. The van der Waals surface area contributed by atoms with E-state index in [1.54, 1.807) is 0 Å². The minimum absolute atomic E-state index is 0.0000454. The fraction of sp³-hybridized carbons (Fsp3) is 0.643. The number of rotatable bonds is 8. The molecule has 0 aliphatic carbocycles. The number of aryl methyl sites for hydroxylation is 1. The molecule has 1 unspecified atom stereocenters. The lowest BCUT2D eigenvalue weighted by Gasteiger charge is -2.15. The summed E-state index contributed by atoms with van der Waals surface area (Å²) in [6.07, 6.45) is 2.01. The third kappa shape index (κ3) is 5.02. The van der Waals surface area contributed by atoms with Crippen molar-refractivity contribution < 1.29 is 9.47 Å². The number of aromatic nitrogens is 1. The molecule has 1 atom stereocenters. The van der Waals surface area contributed by atoms with Crippen molar-refractivity contribution in [1.29, 1.82) is 0 Å². The molecule has 0 saturated heterocycles. The van der Waals surface area contributed by atoms with Gasteiger partial charge in [0.1, 0.15) is 6.10 Å². The van der Waals surface area contributed by atoms with Crippen molar-refractivity contribution in [3.63, 3.8) is 0 Å². The largest absolute Gasteiger partial charge is 0.472 e. The van der Waals surface area contributed by atoms with Crippen molar-refractivity contribution >= 4 is 0 Å². The summed E-state index contributed by atoms with van der Waals surface area (Å²) < 4.78 is 11.1. The van der Waals surface area contributed by atoms with E-state index in [-0.39, 0.29) is 6.10 Å². The maximum Gasteiger partial charge on any atom is 0.214 e. The lowest BCUT2D eigenvalue weighted by atomic mass is 10.1. The first-order valence-corrected chi connectivity index (χ1v) is 6.63. The lowest BCUT2D eigenvalue weighted by molar-refractivity contribution is 0.0632. The van der Waals surface area contributed by atoms with Crippen LogP contribution in [0.2, 0.25) is 0 Å². The highest BCUT2D eigenvalue weighted by Crippen LogP contribution is 2.15. The summed E-state index contributed by atoms with van der Waals surface area (Å²) in [5, 5.41) is 0. The average molecular weight is 252 g/mol. The van der Waals surface area contributed by atoms with E-state index in [9.17, 15) is 0 Å². The van der Waals surface area contributed by atoms with Crippen molar-refractivity contribution in [2.24, 2.45) is 5.73 Å². The van der Waals surface area contributed by atoms with Gasteiger partial charge in [-0.3, -0.25) is 0 Å². The summed E-state index contributed by atoms with van der Waals surface area (Å²) in [7, 11) is 0. The van der Waals surface area contributed by atoms with Crippen molar-refractivity contribution in [3.05, 3.63) is 23.4 Å². The zero-order chi connectivity index (χ0) is 13.4. The van der Waals surface area contributed by atoms with Crippen molar-refractivity contribution in [1.82, 2.24) is 4.98 Å². The smallest absolute Gasteiger partial charge is 0.214 e. The minimum atomic E-state index is -0.0000454. The molecule has 1 aromatic heterocycles. The summed E-state index contributed by atoms with van der Waals surface area (Å²) in [6, 6.07) is 3.95. The maximum absolute atomic E-state index is 5.75. The van der Waals surface area contributed by atoms with Crippen LogP contribution in [-0.2, 0) is 17.7 Å². The molecular weight excluding hydrogens is 228 g/mol. The average Bonchev–Trinajstić information content (AvgIpc) is 2.36. The first kappa shape index (κ1) is 14.9. The first-order valence-electron chi connectivity index (χ1n) is 6.63. The lowest BCUT2D eigenvalue weighted by Crippen LogP contribution is -2.20. The summed E-state index contributed by atoms with van der Waals surface area (Å²) in [4.78, 5) is 4.49. The molecule has 4 nitrogen and oxygen atoms in total. The number of ether oxygens (including phenoxy) is 2. The molecule has 0 amide bonds. The molecule has 0 aliphatic rings. The standard InChI is InChI=1S/C14H24N2O2/c1-4-6-13-7-12(9-15)8-14(16-13)18-11(3)10-17-5-2/h7-8,11H,4-6,9-10,15H2,1-3H3. The van der Waals surface area contributed by atoms with Gasteiger partial charge >= 0.3 is 0 Å². The van der Waals surface area contributed by atoms with Crippen LogP contribution in [0.1, 0.15) is 38.4 Å². The Balaban J connectivity index is 2.71. The number of nitrogens with two attached hydrogens (primary N) is 1. The van der Waals surface area contributed by atoms with Gasteiger partial charge in [-0.15, -0.1) is 0 Å². The Bertz CT molecular complexity index is 356. The van der Waals surface area contributed by atoms with E-state index in [1.165, 1.54) is 0 Å². The van der Waals surface area contributed by atoms with Gasteiger partial charge in [-0.2, -0.15) is 0 Å². The van der Waals surface area contributed by atoms with E-state index in [2.05, 4.69) is 11.9 Å². The predicted octanol–water partition coefficient (Wildman–Crippen LogP) is 2.30. The van der Waals surface area contributed by atoms with Crippen LogP contribution in [-0.4, -0.2) is 24.3 Å². The summed E-state index contributed by atoms with van der Waals surface area (Å²) in [5.41, 5.74) is 7.79. The Kier molecular flexibility index (Phi) is 6.68. The Labute approximate surface area is 110 Å². The van der Waals surface area contributed by atoms with E-state index in [0.29, 0.717) is 25.6 Å². The van der Waals surface area contributed by atoms with Gasteiger partial charge in [-0.1, -0.05) is 13.3 Å². The molecule has 0 aliphatic heterocycles. The van der Waals surface area contributed by atoms with Gasteiger partial charge in [0.2, 0.25) is 5.88 Å². The van der Waals surface area contributed by atoms with Crippen LogP contribution in [0, 0.1) is 0 Å². The molecule has 0 spiro atoms. The molecule has 1 aromatic rings. The number of pyridine rings is 1. The van der Waals surface area contributed by atoms with Gasteiger partial charge < -0.3 is 15.2 Å². The monoisotopic (exact) mass is 252 g/mol. The minimum Gasteiger partial charge on any atom is -0.472 e. The molecule has 2 N–H and O–H groups in total. The summed E-state index contributed by atoms with van der Waals surface area (Å²) >= 11 is 0. The molecule has 0 bridgehead atoms. The van der Waals surface area contributed by atoms with E-state index >= 15 is 0 Å². The fourth-order valence-electron chi connectivity index (χ4n) is 1.71. The van der Waals surface area contributed by atoms with Crippen LogP contribution in [0.5, 0.6) is 5.88 Å². The second-order valence-corrected chi connectivity index (χ2v) is 4.35. The van der Waals surface area contributed by atoms with Gasteiger partial charge in [0.05, 0.1) is 6.61 Å². The SMILES string of the molecule is CCCc1cc(CN)cc(OC(C)COCC)n1. The summed E-state index contributed by atoms with van der Waals surface area (Å²) in [6.45, 7) is 7.87. The molecule has 18 heavy (non-hydrogen) atoms. The molecule has 0 aromatic carbocycles. The molecular formula is C14H24N2O2. The molecule has 0 radical (unpaired) electrons. The predicted molar refractivity (Wildman–Crippen MR) is 72.7 cm³/mol. The van der Waals surface area contributed by atoms with Crippen LogP contribution < -0.4 is 10.5 Å². The Morgan fingerprint density at radius 2 is 2.11 bits per heavy atom. The summed E-state index contributed by atoms with van der Waals surface area (Å²) in [5.74, 6) is 0.647. The van der Waals surface area contributed by atoms with Gasteiger partial charge in [0, 0.05) is 24.9 Å². The van der Waals surface area contributed by atoms with Crippen molar-refractivity contribution in [2.75, 3.05) is 13.2 Å².